The van der Waals surface area contributed by atoms with Gasteiger partial charge in [-0.2, -0.15) is 5.10 Å². The average Bonchev–Trinajstić information content (AvgIpc) is 3.17. The number of halogens is 2. The third-order valence-corrected chi connectivity index (χ3v) is 5.79. The lowest BCUT2D eigenvalue weighted by atomic mass is 9.99. The Morgan fingerprint density at radius 1 is 1.03 bits per heavy atom. The fourth-order valence-corrected chi connectivity index (χ4v) is 4.00. The van der Waals surface area contributed by atoms with Crippen LogP contribution in [-0.2, 0) is 9.53 Å². The quantitative estimate of drug-likeness (QED) is 0.345. The van der Waals surface area contributed by atoms with Crippen molar-refractivity contribution >= 4 is 34.8 Å². The Bertz CT molecular complexity index is 1340. The van der Waals surface area contributed by atoms with Crippen molar-refractivity contribution in [3.63, 3.8) is 0 Å². The molecule has 1 unspecified atom stereocenters. The maximum absolute atomic E-state index is 12.4. The predicted molar refractivity (Wildman–Crippen MR) is 130 cm³/mol. The van der Waals surface area contributed by atoms with E-state index in [4.69, 9.17) is 33.0 Å². The number of aromatic nitrogens is 3. The number of rotatable bonds is 5. The highest BCUT2D eigenvalue weighted by atomic mass is 35.5. The Morgan fingerprint density at radius 3 is 2.33 bits per heavy atom. The summed E-state index contributed by atoms with van der Waals surface area (Å²) >= 11 is 12.5. The van der Waals surface area contributed by atoms with Gasteiger partial charge in [-0.05, 0) is 39.8 Å². The Kier molecular flexibility index (Phi) is 6.18. The second kappa shape index (κ2) is 8.78. The van der Waals surface area contributed by atoms with Crippen LogP contribution in [0.4, 0.5) is 0 Å². The molecule has 170 valence electrons. The number of benzene rings is 2. The molecule has 0 saturated heterocycles. The first kappa shape index (κ1) is 23.2. The molecule has 4 aromatic rings. The van der Waals surface area contributed by atoms with Crippen molar-refractivity contribution in [2.75, 3.05) is 0 Å². The first-order valence-electron chi connectivity index (χ1n) is 10.4. The largest absolute Gasteiger partial charge is 0.479 e. The van der Waals surface area contributed by atoms with Gasteiger partial charge in [-0.1, -0.05) is 59.6 Å². The van der Waals surface area contributed by atoms with Gasteiger partial charge in [-0.15, -0.1) is 0 Å². The van der Waals surface area contributed by atoms with Gasteiger partial charge >= 0.3 is 5.97 Å². The van der Waals surface area contributed by atoms with E-state index in [1.807, 2.05) is 57.2 Å². The molecule has 33 heavy (non-hydrogen) atoms. The molecule has 4 rings (SSSR count). The number of carboxylic acids is 1. The molecule has 8 heteroatoms. The maximum Gasteiger partial charge on any atom is 0.337 e. The number of aliphatic carboxylic acids is 1. The van der Waals surface area contributed by atoms with Crippen LogP contribution in [0.25, 0.3) is 28.2 Å². The monoisotopic (exact) mass is 483 g/mol. The molecule has 0 saturated carbocycles. The second-order valence-corrected chi connectivity index (χ2v) is 9.52. The Hall–Kier alpha value is -2.93. The van der Waals surface area contributed by atoms with Crippen molar-refractivity contribution in [2.24, 2.45) is 0 Å². The van der Waals surface area contributed by atoms with Crippen LogP contribution < -0.4 is 0 Å². The molecule has 2 heterocycles. The summed E-state index contributed by atoms with van der Waals surface area (Å²) in [6.07, 6.45) is -1.27. The van der Waals surface area contributed by atoms with Gasteiger partial charge in [0, 0.05) is 28.5 Å². The summed E-state index contributed by atoms with van der Waals surface area (Å²) < 4.78 is 7.63. The van der Waals surface area contributed by atoms with Gasteiger partial charge in [0.25, 0.3) is 0 Å². The van der Waals surface area contributed by atoms with Gasteiger partial charge in [0.1, 0.15) is 0 Å². The summed E-state index contributed by atoms with van der Waals surface area (Å²) in [6.45, 7) is 7.20. The summed E-state index contributed by atoms with van der Waals surface area (Å²) in [5.41, 5.74) is 3.63. The van der Waals surface area contributed by atoms with Crippen molar-refractivity contribution in [3.8, 4) is 22.5 Å². The minimum absolute atomic E-state index is 0.349. The normalized spacial score (nSPS) is 12.8. The van der Waals surface area contributed by atoms with E-state index < -0.39 is 17.7 Å². The number of ether oxygens (including phenoxy) is 1. The van der Waals surface area contributed by atoms with Crippen molar-refractivity contribution in [3.05, 3.63) is 75.9 Å². The fourth-order valence-electron chi connectivity index (χ4n) is 3.70. The number of fused-ring (bicyclic) bond motifs is 1. The van der Waals surface area contributed by atoms with Gasteiger partial charge in [-0.25, -0.2) is 14.3 Å². The van der Waals surface area contributed by atoms with Crippen LogP contribution >= 0.6 is 23.2 Å². The molecule has 1 N–H and O–H groups in total. The third kappa shape index (κ3) is 4.74. The first-order valence-corrected chi connectivity index (χ1v) is 11.1. The number of nitrogens with zero attached hydrogens (tertiary/aromatic N) is 3. The summed E-state index contributed by atoms with van der Waals surface area (Å²) in [4.78, 5) is 17.0. The van der Waals surface area contributed by atoms with Gasteiger partial charge in [0.05, 0.1) is 27.0 Å². The van der Waals surface area contributed by atoms with Crippen molar-refractivity contribution in [1.29, 1.82) is 0 Å². The molecule has 0 bridgehead atoms. The van der Waals surface area contributed by atoms with Crippen LogP contribution in [0.2, 0.25) is 10.0 Å². The van der Waals surface area contributed by atoms with E-state index >= 15 is 0 Å². The van der Waals surface area contributed by atoms with E-state index in [1.54, 1.807) is 29.6 Å². The van der Waals surface area contributed by atoms with E-state index in [1.165, 1.54) is 0 Å². The Labute approximate surface area is 201 Å². The number of hydrogen-bond acceptors (Lipinski definition) is 4. The molecule has 0 aliphatic rings. The highest BCUT2D eigenvalue weighted by Gasteiger charge is 2.33. The molecule has 0 amide bonds. The molecule has 2 aromatic carbocycles. The molecule has 0 spiro atoms. The predicted octanol–water partition coefficient (Wildman–Crippen LogP) is 6.62. The summed E-state index contributed by atoms with van der Waals surface area (Å²) in [5, 5.41) is 15.6. The summed E-state index contributed by atoms with van der Waals surface area (Å²) in [5.74, 6) is -1.12. The van der Waals surface area contributed by atoms with Gasteiger partial charge < -0.3 is 9.84 Å². The third-order valence-electron chi connectivity index (χ3n) is 5.05. The molecule has 0 aliphatic heterocycles. The second-order valence-electron chi connectivity index (χ2n) is 8.70. The number of carbonyl (C=O) groups is 1. The molecular weight excluding hydrogens is 461 g/mol. The van der Waals surface area contributed by atoms with Crippen LogP contribution in [0.3, 0.4) is 0 Å². The van der Waals surface area contributed by atoms with Gasteiger partial charge in [-0.3, -0.25) is 0 Å². The van der Waals surface area contributed by atoms with Crippen LogP contribution in [0, 0.1) is 6.92 Å². The molecule has 2 aromatic heterocycles. The van der Waals surface area contributed by atoms with Crippen molar-refractivity contribution < 1.29 is 14.6 Å². The fraction of sp³-hybridized carbons (Fsp3) is 0.240. The zero-order valence-corrected chi connectivity index (χ0v) is 20.1. The molecular formula is C25H23Cl2N3O3. The van der Waals surface area contributed by atoms with E-state index in [-0.39, 0.29) is 0 Å². The minimum Gasteiger partial charge on any atom is -0.479 e. The van der Waals surface area contributed by atoms with Crippen LogP contribution in [-0.4, -0.2) is 31.3 Å². The lowest BCUT2D eigenvalue weighted by Gasteiger charge is -2.27. The van der Waals surface area contributed by atoms with E-state index in [9.17, 15) is 9.90 Å². The van der Waals surface area contributed by atoms with Gasteiger partial charge in [0.2, 0.25) is 0 Å². The van der Waals surface area contributed by atoms with E-state index in [0.717, 1.165) is 5.56 Å². The van der Waals surface area contributed by atoms with Gasteiger partial charge in [0.15, 0.2) is 11.8 Å². The smallest absolute Gasteiger partial charge is 0.337 e. The Morgan fingerprint density at radius 2 is 1.73 bits per heavy atom. The summed E-state index contributed by atoms with van der Waals surface area (Å²) in [7, 11) is 0. The first-order chi connectivity index (χ1) is 15.5. The standard InChI is InChI=1S/C25H23Cl2N3O3/c1-14-21(23(24(31)32)33-25(2,3)4)22(16-10-11-17(26)18(27)12-16)30-20(28-14)13-19(29-30)15-8-6-5-7-9-15/h5-13,23H,1-4H3,(H,31,32). The van der Waals surface area contributed by atoms with Crippen LogP contribution in [0.1, 0.15) is 38.1 Å². The average molecular weight is 484 g/mol. The van der Waals surface area contributed by atoms with E-state index in [0.29, 0.717) is 43.9 Å². The number of aryl methyl sites for hydroxylation is 1. The lowest BCUT2D eigenvalue weighted by Crippen LogP contribution is -2.29. The number of carboxylic acid groups (broad SMARTS) is 1. The zero-order chi connectivity index (χ0) is 23.9. The lowest BCUT2D eigenvalue weighted by molar-refractivity contribution is -0.160. The van der Waals surface area contributed by atoms with E-state index in [2.05, 4.69) is 4.98 Å². The highest BCUT2D eigenvalue weighted by molar-refractivity contribution is 6.42. The van der Waals surface area contributed by atoms with Crippen LogP contribution in [0.15, 0.2) is 54.6 Å². The topological polar surface area (TPSA) is 76.7 Å². The minimum atomic E-state index is -1.27. The maximum atomic E-state index is 12.4. The molecule has 0 aliphatic carbocycles. The van der Waals surface area contributed by atoms with Crippen molar-refractivity contribution in [2.45, 2.75) is 39.4 Å². The molecule has 6 nitrogen and oxygen atoms in total. The summed E-state index contributed by atoms with van der Waals surface area (Å²) in [6, 6.07) is 16.7. The number of hydrogen-bond donors (Lipinski definition) is 1. The van der Waals surface area contributed by atoms with Crippen molar-refractivity contribution in [1.82, 2.24) is 14.6 Å². The molecule has 0 radical (unpaired) electrons. The molecule has 1 atom stereocenters. The van der Waals surface area contributed by atoms with Crippen LogP contribution in [0.5, 0.6) is 0 Å². The molecule has 0 fully saturated rings. The highest BCUT2D eigenvalue weighted by Crippen LogP contribution is 2.38. The SMILES string of the molecule is Cc1nc2cc(-c3ccccc3)nn2c(-c2ccc(Cl)c(Cl)c2)c1C(OC(C)(C)C)C(=O)O. The Balaban J connectivity index is 2.06. The zero-order valence-electron chi connectivity index (χ0n) is 18.6.